The van der Waals surface area contributed by atoms with Gasteiger partial charge in [0.25, 0.3) is 0 Å². The number of alkyl halides is 1. The zero-order valence-electron chi connectivity index (χ0n) is 11.7. The van der Waals surface area contributed by atoms with E-state index in [1.807, 2.05) is 24.3 Å². The third-order valence-electron chi connectivity index (χ3n) is 3.86. The number of hydrogen-bond donors (Lipinski definition) is 0. The number of benzene rings is 1. The molecule has 0 saturated carbocycles. The minimum absolute atomic E-state index is 0.0216. The summed E-state index contributed by atoms with van der Waals surface area (Å²) in [5.41, 5.74) is 0.733. The summed E-state index contributed by atoms with van der Waals surface area (Å²) in [6, 6.07) is 7.62. The van der Waals surface area contributed by atoms with E-state index in [1.165, 1.54) is 0 Å². The second kappa shape index (κ2) is 6.53. The van der Waals surface area contributed by atoms with E-state index in [0.717, 1.165) is 29.3 Å². The van der Waals surface area contributed by atoms with Crippen molar-refractivity contribution in [3.63, 3.8) is 0 Å². The van der Waals surface area contributed by atoms with Gasteiger partial charge >= 0.3 is 5.97 Å². The summed E-state index contributed by atoms with van der Waals surface area (Å²) in [7, 11) is 0. The summed E-state index contributed by atoms with van der Waals surface area (Å²) >= 11 is 3.39. The number of esters is 1. The number of ketones is 1. The lowest BCUT2D eigenvalue weighted by Gasteiger charge is -2.26. The lowest BCUT2D eigenvalue weighted by molar-refractivity contribution is -0.153. The second-order valence-electron chi connectivity index (χ2n) is 5.03. The molecule has 0 heterocycles. The van der Waals surface area contributed by atoms with Gasteiger partial charge in [-0.3, -0.25) is 9.59 Å². The first-order chi connectivity index (χ1) is 9.66. The van der Waals surface area contributed by atoms with Crippen LogP contribution in [0, 0.1) is 0 Å². The lowest BCUT2D eigenvalue weighted by Crippen LogP contribution is -2.42. The molecule has 0 spiro atoms. The number of unbranched alkanes of at least 4 members (excludes halogenated alkanes) is 1. The molecule has 0 N–H and O–H groups in total. The number of ether oxygens (including phenoxy) is 1. The van der Waals surface area contributed by atoms with Crippen molar-refractivity contribution in [2.45, 2.75) is 38.0 Å². The average Bonchev–Trinajstić information content (AvgIpc) is 2.73. The van der Waals surface area contributed by atoms with Gasteiger partial charge in [0.1, 0.15) is 0 Å². The first-order valence-electron chi connectivity index (χ1n) is 7.01. The largest absolute Gasteiger partial charge is 0.465 e. The topological polar surface area (TPSA) is 43.4 Å². The van der Waals surface area contributed by atoms with Gasteiger partial charge in [-0.15, -0.1) is 0 Å². The Morgan fingerprint density at radius 1 is 1.35 bits per heavy atom. The predicted molar refractivity (Wildman–Crippen MR) is 81.1 cm³/mol. The van der Waals surface area contributed by atoms with Crippen LogP contribution in [0.5, 0.6) is 0 Å². The first-order valence-corrected chi connectivity index (χ1v) is 8.13. The van der Waals surface area contributed by atoms with Crippen LogP contribution in [-0.2, 0) is 26.2 Å². The van der Waals surface area contributed by atoms with Gasteiger partial charge in [0.05, 0.1) is 6.61 Å². The minimum Gasteiger partial charge on any atom is -0.465 e. The normalized spacial score (nSPS) is 20.8. The van der Waals surface area contributed by atoms with E-state index < -0.39 is 5.41 Å². The Bertz CT molecular complexity index is 512. The molecule has 0 fully saturated rings. The van der Waals surface area contributed by atoms with Crippen molar-refractivity contribution < 1.29 is 14.3 Å². The van der Waals surface area contributed by atoms with Crippen molar-refractivity contribution in [1.29, 1.82) is 0 Å². The Kier molecular flexibility index (Phi) is 4.97. The third kappa shape index (κ3) is 2.53. The molecule has 0 aromatic heterocycles. The molecule has 1 unspecified atom stereocenters. The van der Waals surface area contributed by atoms with Crippen molar-refractivity contribution in [2.24, 2.45) is 0 Å². The van der Waals surface area contributed by atoms with Crippen molar-refractivity contribution in [2.75, 3.05) is 11.9 Å². The van der Waals surface area contributed by atoms with Gasteiger partial charge in [0.2, 0.25) is 0 Å². The van der Waals surface area contributed by atoms with Crippen LogP contribution in [0.3, 0.4) is 0 Å². The van der Waals surface area contributed by atoms with Crippen molar-refractivity contribution in [3.05, 3.63) is 35.4 Å². The molecule has 0 bridgehead atoms. The highest BCUT2D eigenvalue weighted by Crippen LogP contribution is 2.41. The molecule has 1 aromatic rings. The Labute approximate surface area is 127 Å². The fourth-order valence-electron chi connectivity index (χ4n) is 2.90. The Morgan fingerprint density at radius 3 is 2.80 bits per heavy atom. The highest BCUT2D eigenvalue weighted by Gasteiger charge is 2.52. The predicted octanol–water partition coefficient (Wildman–Crippen LogP) is 3.18. The van der Waals surface area contributed by atoms with Crippen LogP contribution < -0.4 is 0 Å². The Balaban J connectivity index is 2.40. The van der Waals surface area contributed by atoms with E-state index in [4.69, 9.17) is 4.74 Å². The smallest absolute Gasteiger partial charge is 0.324 e. The molecule has 1 aliphatic carbocycles. The molecule has 4 heteroatoms. The number of carbonyl (C=O) groups excluding carboxylic acids is 2. The van der Waals surface area contributed by atoms with Crippen molar-refractivity contribution in [3.8, 4) is 0 Å². The number of rotatable bonds is 6. The van der Waals surface area contributed by atoms with Gasteiger partial charge in [-0.25, -0.2) is 0 Å². The lowest BCUT2D eigenvalue weighted by atomic mass is 9.76. The molecule has 0 saturated heterocycles. The standard InChI is InChI=1S/C16H19BrO3/c1-2-20-15(19)16(9-5-6-10-17)13-8-4-3-7-12(13)11-14(16)18/h3-4,7-8H,2,5-6,9-11H2,1H3. The molecular formula is C16H19BrO3. The van der Waals surface area contributed by atoms with Crippen LogP contribution in [-0.4, -0.2) is 23.7 Å². The molecule has 0 radical (unpaired) electrons. The summed E-state index contributed by atoms with van der Waals surface area (Å²) in [6.07, 6.45) is 2.64. The van der Waals surface area contributed by atoms with Gasteiger partial charge in [0, 0.05) is 11.8 Å². The van der Waals surface area contributed by atoms with Crippen LogP contribution in [0.2, 0.25) is 0 Å². The maximum Gasteiger partial charge on any atom is 0.324 e. The zero-order valence-corrected chi connectivity index (χ0v) is 13.2. The molecule has 1 aliphatic rings. The quantitative estimate of drug-likeness (QED) is 0.346. The van der Waals surface area contributed by atoms with Crippen LogP contribution in [0.4, 0.5) is 0 Å². The number of hydrogen-bond acceptors (Lipinski definition) is 3. The summed E-state index contributed by atoms with van der Waals surface area (Å²) < 4.78 is 5.22. The Hall–Kier alpha value is -1.16. The summed E-state index contributed by atoms with van der Waals surface area (Å²) in [5, 5.41) is 0.877. The molecule has 108 valence electrons. The maximum absolute atomic E-state index is 12.6. The van der Waals surface area contributed by atoms with Gasteiger partial charge in [-0.05, 0) is 30.9 Å². The van der Waals surface area contributed by atoms with Crippen molar-refractivity contribution >= 4 is 27.7 Å². The van der Waals surface area contributed by atoms with Gasteiger partial charge < -0.3 is 4.74 Å². The monoisotopic (exact) mass is 338 g/mol. The third-order valence-corrected chi connectivity index (χ3v) is 4.42. The highest BCUT2D eigenvalue weighted by molar-refractivity contribution is 9.09. The molecule has 2 rings (SSSR count). The molecule has 0 amide bonds. The van der Waals surface area contributed by atoms with Crippen molar-refractivity contribution in [1.82, 2.24) is 0 Å². The average molecular weight is 339 g/mol. The molecule has 20 heavy (non-hydrogen) atoms. The molecular weight excluding hydrogens is 320 g/mol. The van der Waals surface area contributed by atoms with E-state index in [0.29, 0.717) is 19.4 Å². The summed E-state index contributed by atoms with van der Waals surface area (Å²) in [6.45, 7) is 2.07. The molecule has 3 nitrogen and oxygen atoms in total. The van der Waals surface area contributed by atoms with Crippen LogP contribution in [0.25, 0.3) is 0 Å². The highest BCUT2D eigenvalue weighted by atomic mass is 79.9. The SMILES string of the molecule is CCOC(=O)C1(CCCCBr)C(=O)Cc2ccccc21. The van der Waals surface area contributed by atoms with Crippen LogP contribution in [0.1, 0.15) is 37.3 Å². The maximum atomic E-state index is 12.6. The summed E-state index contributed by atoms with van der Waals surface area (Å²) in [4.78, 5) is 25.0. The Morgan fingerprint density at radius 2 is 2.10 bits per heavy atom. The van der Waals surface area contributed by atoms with E-state index in [9.17, 15) is 9.59 Å². The zero-order chi connectivity index (χ0) is 14.6. The van der Waals surface area contributed by atoms with E-state index >= 15 is 0 Å². The minimum atomic E-state index is -1.07. The number of fused-ring (bicyclic) bond motifs is 1. The van der Waals surface area contributed by atoms with E-state index in [2.05, 4.69) is 15.9 Å². The van der Waals surface area contributed by atoms with Gasteiger partial charge in [0.15, 0.2) is 11.2 Å². The summed E-state index contributed by atoms with van der Waals surface area (Å²) in [5.74, 6) is -0.406. The first kappa shape index (κ1) is 15.2. The number of Topliss-reactive ketones (excluding diaryl/α,β-unsaturated/α-hetero) is 1. The van der Waals surface area contributed by atoms with Crippen LogP contribution in [0.15, 0.2) is 24.3 Å². The molecule has 0 aliphatic heterocycles. The van der Waals surface area contributed by atoms with Crippen LogP contribution >= 0.6 is 15.9 Å². The fraction of sp³-hybridized carbons (Fsp3) is 0.500. The number of halogens is 1. The van der Waals surface area contributed by atoms with Gasteiger partial charge in [-0.1, -0.05) is 46.6 Å². The number of carbonyl (C=O) groups is 2. The second-order valence-corrected chi connectivity index (χ2v) is 5.82. The van der Waals surface area contributed by atoms with E-state index in [-0.39, 0.29) is 11.8 Å². The van der Waals surface area contributed by atoms with E-state index in [1.54, 1.807) is 6.92 Å². The molecule has 1 aromatic carbocycles. The fourth-order valence-corrected chi connectivity index (χ4v) is 3.30. The molecule has 1 atom stereocenters. The van der Waals surface area contributed by atoms with Gasteiger partial charge in [-0.2, -0.15) is 0 Å².